The lowest BCUT2D eigenvalue weighted by Gasteiger charge is -2.20. The monoisotopic (exact) mass is 450 g/mol. The van der Waals surface area contributed by atoms with Crippen LogP contribution in [0, 0.1) is 0 Å². The van der Waals surface area contributed by atoms with Crippen molar-refractivity contribution >= 4 is 42.4 Å². The summed E-state index contributed by atoms with van der Waals surface area (Å²) in [6, 6.07) is 22.0. The molecule has 0 atom stereocenters. The Morgan fingerprint density at radius 3 is 2.45 bits per heavy atom. The summed E-state index contributed by atoms with van der Waals surface area (Å²) in [7, 11) is -3.42. The third-order valence-electron chi connectivity index (χ3n) is 5.02. The molecule has 0 bridgehead atoms. The van der Waals surface area contributed by atoms with Crippen LogP contribution in [-0.2, 0) is 22.8 Å². The molecule has 0 spiro atoms. The summed E-state index contributed by atoms with van der Waals surface area (Å²) < 4.78 is 25.0. The second-order valence-electron chi connectivity index (χ2n) is 7.33. The molecular weight excluding hydrogens is 428 g/mol. The van der Waals surface area contributed by atoms with Crippen LogP contribution in [0.4, 0.5) is 5.13 Å². The Morgan fingerprint density at radius 1 is 0.968 bits per heavy atom. The van der Waals surface area contributed by atoms with Gasteiger partial charge in [0.15, 0.2) is 15.0 Å². The van der Waals surface area contributed by atoms with Crippen molar-refractivity contribution in [1.82, 2.24) is 4.98 Å². The normalized spacial score (nSPS) is 11.5. The number of carbonyl (C=O) groups excluding carboxylic acids is 1. The first-order valence-corrected chi connectivity index (χ1v) is 12.6. The summed E-state index contributed by atoms with van der Waals surface area (Å²) >= 11 is 1.46. The number of rotatable bonds is 6. The first kappa shape index (κ1) is 21.2. The molecule has 0 radical (unpaired) electrons. The molecule has 31 heavy (non-hydrogen) atoms. The van der Waals surface area contributed by atoms with Gasteiger partial charge in [-0.15, -0.1) is 0 Å². The number of fused-ring (bicyclic) bond motifs is 1. The summed E-state index contributed by atoms with van der Waals surface area (Å²) in [5, 5.41) is 0.585. The van der Waals surface area contributed by atoms with Crippen molar-refractivity contribution in [1.29, 1.82) is 0 Å². The van der Waals surface area contributed by atoms with Gasteiger partial charge in [0.2, 0.25) is 0 Å². The molecule has 0 saturated carbocycles. The molecule has 0 aliphatic rings. The van der Waals surface area contributed by atoms with Gasteiger partial charge in [-0.2, -0.15) is 0 Å². The van der Waals surface area contributed by atoms with Gasteiger partial charge in [0, 0.05) is 11.8 Å². The third-order valence-corrected chi connectivity index (χ3v) is 7.17. The van der Waals surface area contributed by atoms with E-state index in [-0.39, 0.29) is 10.8 Å². The number of thiazole rings is 1. The fraction of sp³-hybridized carbons (Fsp3) is 0.167. The van der Waals surface area contributed by atoms with E-state index in [1.165, 1.54) is 29.0 Å². The topological polar surface area (TPSA) is 67.3 Å². The van der Waals surface area contributed by atoms with E-state index in [1.54, 1.807) is 17.0 Å². The van der Waals surface area contributed by atoms with Crippen LogP contribution in [0.1, 0.15) is 28.4 Å². The average Bonchev–Trinajstić information content (AvgIpc) is 3.20. The van der Waals surface area contributed by atoms with Crippen LogP contribution in [0.5, 0.6) is 0 Å². The van der Waals surface area contributed by atoms with Crippen molar-refractivity contribution in [3.63, 3.8) is 0 Å². The molecule has 1 amide bonds. The average molecular weight is 451 g/mol. The molecule has 0 aliphatic heterocycles. The highest BCUT2D eigenvalue weighted by molar-refractivity contribution is 7.90. The first-order valence-electron chi connectivity index (χ1n) is 9.90. The van der Waals surface area contributed by atoms with Crippen molar-refractivity contribution < 1.29 is 13.2 Å². The molecule has 0 saturated heterocycles. The van der Waals surface area contributed by atoms with E-state index in [1.807, 2.05) is 42.5 Å². The number of nitrogens with zero attached hydrogens (tertiary/aromatic N) is 2. The van der Waals surface area contributed by atoms with E-state index in [9.17, 15) is 13.2 Å². The fourth-order valence-corrected chi connectivity index (χ4v) is 4.99. The molecule has 1 heterocycles. The van der Waals surface area contributed by atoms with E-state index in [4.69, 9.17) is 4.98 Å². The second kappa shape index (κ2) is 8.61. The number of hydrogen-bond acceptors (Lipinski definition) is 5. The summed E-state index contributed by atoms with van der Waals surface area (Å²) in [6.45, 7) is 2.44. The zero-order valence-corrected chi connectivity index (χ0v) is 18.9. The minimum Gasteiger partial charge on any atom is -0.279 e. The van der Waals surface area contributed by atoms with Gasteiger partial charge in [-0.25, -0.2) is 13.4 Å². The van der Waals surface area contributed by atoms with Crippen molar-refractivity contribution in [2.75, 3.05) is 11.2 Å². The van der Waals surface area contributed by atoms with Gasteiger partial charge < -0.3 is 0 Å². The Morgan fingerprint density at radius 2 is 1.74 bits per heavy atom. The Kier molecular flexibility index (Phi) is 5.89. The van der Waals surface area contributed by atoms with Crippen molar-refractivity contribution in [3.05, 3.63) is 89.5 Å². The summed E-state index contributed by atoms with van der Waals surface area (Å²) in [5.74, 6) is -0.288. The molecule has 5 nitrogen and oxygen atoms in total. The highest BCUT2D eigenvalue weighted by atomic mass is 32.2. The standard InChI is InChI=1S/C24H22N2O3S2/c1-3-17-12-13-21-22(14-17)30-24(25-21)26(16-18-8-5-4-6-9-18)23(27)19-10-7-11-20(15-19)31(2,28)29/h4-15H,3,16H2,1-2H3. The van der Waals surface area contributed by atoms with Crippen molar-refractivity contribution in [2.45, 2.75) is 24.8 Å². The number of aromatic nitrogens is 1. The van der Waals surface area contributed by atoms with Crippen LogP contribution >= 0.6 is 11.3 Å². The molecule has 1 aromatic heterocycles. The highest BCUT2D eigenvalue weighted by Gasteiger charge is 2.23. The van der Waals surface area contributed by atoms with Crippen LogP contribution in [-0.4, -0.2) is 25.6 Å². The molecule has 0 aliphatic carbocycles. The third kappa shape index (κ3) is 4.68. The van der Waals surface area contributed by atoms with Gasteiger partial charge in [-0.3, -0.25) is 9.69 Å². The molecule has 0 unspecified atom stereocenters. The Hall–Kier alpha value is -3.03. The molecule has 0 N–H and O–H groups in total. The largest absolute Gasteiger partial charge is 0.279 e. The zero-order chi connectivity index (χ0) is 22.0. The van der Waals surface area contributed by atoms with E-state index >= 15 is 0 Å². The number of anilines is 1. The van der Waals surface area contributed by atoms with Crippen LogP contribution in [0.15, 0.2) is 77.7 Å². The Bertz CT molecular complexity index is 1350. The summed E-state index contributed by atoms with van der Waals surface area (Å²) in [4.78, 5) is 20.0. The fourth-order valence-electron chi connectivity index (χ4n) is 3.30. The first-order chi connectivity index (χ1) is 14.8. The molecule has 158 valence electrons. The summed E-state index contributed by atoms with van der Waals surface area (Å²) in [5.41, 5.74) is 3.33. The number of sulfone groups is 1. The van der Waals surface area contributed by atoms with Crippen LogP contribution in [0.25, 0.3) is 10.2 Å². The predicted molar refractivity (Wildman–Crippen MR) is 126 cm³/mol. The van der Waals surface area contributed by atoms with Crippen LogP contribution < -0.4 is 4.90 Å². The van der Waals surface area contributed by atoms with Crippen molar-refractivity contribution in [3.8, 4) is 0 Å². The zero-order valence-electron chi connectivity index (χ0n) is 17.3. The van der Waals surface area contributed by atoms with Crippen LogP contribution in [0.2, 0.25) is 0 Å². The lowest BCUT2D eigenvalue weighted by atomic mass is 10.1. The maximum absolute atomic E-state index is 13.5. The Labute approximate surface area is 185 Å². The second-order valence-corrected chi connectivity index (χ2v) is 10.4. The number of amides is 1. The van der Waals surface area contributed by atoms with Gasteiger partial charge in [-0.05, 0) is 47.9 Å². The van der Waals surface area contributed by atoms with E-state index in [0.717, 1.165) is 28.5 Å². The number of benzene rings is 3. The molecule has 4 aromatic rings. The smallest absolute Gasteiger partial charge is 0.260 e. The quantitative estimate of drug-likeness (QED) is 0.409. The minimum atomic E-state index is -3.42. The van der Waals surface area contributed by atoms with Gasteiger partial charge in [0.25, 0.3) is 5.91 Å². The number of carbonyl (C=O) groups is 1. The molecular formula is C24H22N2O3S2. The van der Waals surface area contributed by atoms with Gasteiger partial charge >= 0.3 is 0 Å². The lowest BCUT2D eigenvalue weighted by Crippen LogP contribution is -2.30. The molecule has 7 heteroatoms. The Balaban J connectivity index is 1.79. The van der Waals surface area contributed by atoms with E-state index in [2.05, 4.69) is 13.0 Å². The van der Waals surface area contributed by atoms with Crippen LogP contribution in [0.3, 0.4) is 0 Å². The number of aryl methyl sites for hydroxylation is 1. The number of hydrogen-bond donors (Lipinski definition) is 0. The molecule has 4 rings (SSSR count). The summed E-state index contributed by atoms with van der Waals surface area (Å²) in [6.07, 6.45) is 2.06. The van der Waals surface area contributed by atoms with Gasteiger partial charge in [0.1, 0.15) is 0 Å². The van der Waals surface area contributed by atoms with Crippen molar-refractivity contribution in [2.24, 2.45) is 0 Å². The maximum atomic E-state index is 13.5. The SMILES string of the molecule is CCc1ccc2nc(N(Cc3ccccc3)C(=O)c3cccc(S(C)(=O)=O)c3)sc2c1. The van der Waals surface area contributed by atoms with E-state index in [0.29, 0.717) is 17.2 Å². The lowest BCUT2D eigenvalue weighted by molar-refractivity contribution is 0.0985. The highest BCUT2D eigenvalue weighted by Crippen LogP contribution is 2.32. The minimum absolute atomic E-state index is 0.120. The molecule has 3 aromatic carbocycles. The predicted octanol–water partition coefficient (Wildman–Crippen LogP) is 5.11. The molecule has 0 fully saturated rings. The van der Waals surface area contributed by atoms with Gasteiger partial charge in [-0.1, -0.05) is 60.7 Å². The van der Waals surface area contributed by atoms with E-state index < -0.39 is 9.84 Å². The van der Waals surface area contributed by atoms with Gasteiger partial charge in [0.05, 0.1) is 21.7 Å². The maximum Gasteiger partial charge on any atom is 0.260 e.